The summed E-state index contributed by atoms with van der Waals surface area (Å²) in [5, 5.41) is 3.78. The van der Waals surface area contributed by atoms with Crippen molar-refractivity contribution in [3.63, 3.8) is 0 Å². The monoisotopic (exact) mass is 365 g/mol. The highest BCUT2D eigenvalue weighted by Gasteiger charge is 2.39. The van der Waals surface area contributed by atoms with E-state index in [0.717, 1.165) is 19.4 Å². The van der Waals surface area contributed by atoms with Crippen LogP contribution in [0.2, 0.25) is 5.02 Å². The molecule has 0 aromatic heterocycles. The number of carbonyl (C=O) groups is 2. The van der Waals surface area contributed by atoms with E-state index in [2.05, 4.69) is 5.32 Å². The van der Waals surface area contributed by atoms with Crippen molar-refractivity contribution in [2.75, 3.05) is 38.7 Å². The number of benzene rings is 1. The number of hydrogen-bond acceptors (Lipinski definition) is 4. The van der Waals surface area contributed by atoms with E-state index < -0.39 is 0 Å². The average Bonchev–Trinajstić information content (AvgIpc) is 3.02. The number of methoxy groups -OCH3 is 1. The molecule has 0 spiro atoms. The zero-order valence-corrected chi connectivity index (χ0v) is 15.4. The third-order valence-corrected chi connectivity index (χ3v) is 5.28. The highest BCUT2D eigenvalue weighted by Crippen LogP contribution is 2.35. The number of likely N-dealkylation sites (N-methyl/N-ethyl adjacent to an activating group) is 1. The number of amides is 2. The minimum atomic E-state index is -0.313. The van der Waals surface area contributed by atoms with Gasteiger partial charge in [-0.2, -0.15) is 0 Å². The van der Waals surface area contributed by atoms with Crippen molar-refractivity contribution in [1.29, 1.82) is 0 Å². The van der Waals surface area contributed by atoms with Gasteiger partial charge in [0.2, 0.25) is 11.8 Å². The summed E-state index contributed by atoms with van der Waals surface area (Å²) in [4.78, 5) is 28.9. The van der Waals surface area contributed by atoms with Crippen LogP contribution >= 0.6 is 11.6 Å². The fourth-order valence-electron chi connectivity index (χ4n) is 3.65. The predicted molar refractivity (Wildman–Crippen MR) is 97.1 cm³/mol. The molecule has 0 aliphatic carbocycles. The highest BCUT2D eigenvalue weighted by molar-refractivity contribution is 6.31. The van der Waals surface area contributed by atoms with E-state index in [1.54, 1.807) is 30.2 Å². The van der Waals surface area contributed by atoms with Crippen LogP contribution in [0.3, 0.4) is 0 Å². The molecule has 1 N–H and O–H groups in total. The number of hydrogen-bond donors (Lipinski definition) is 1. The molecular weight excluding hydrogens is 342 g/mol. The molecule has 136 valence electrons. The maximum Gasteiger partial charge on any atom is 0.228 e. The molecule has 2 aliphatic heterocycles. The van der Waals surface area contributed by atoms with Crippen molar-refractivity contribution in [1.82, 2.24) is 10.2 Å². The van der Waals surface area contributed by atoms with Gasteiger partial charge in [0.15, 0.2) is 0 Å². The van der Waals surface area contributed by atoms with Crippen molar-refractivity contribution < 1.29 is 14.3 Å². The molecule has 2 heterocycles. The fraction of sp³-hybridized carbons (Fsp3) is 0.556. The Bertz CT molecular complexity index is 667. The number of ether oxygens (including phenoxy) is 1. The molecular formula is C18H24ClN3O3. The Balaban J connectivity index is 1.74. The van der Waals surface area contributed by atoms with Crippen LogP contribution in [0.1, 0.15) is 19.3 Å². The number of piperidine rings is 1. The third-order valence-electron chi connectivity index (χ3n) is 5.05. The summed E-state index contributed by atoms with van der Waals surface area (Å²) in [5.74, 6) is 0.267. The van der Waals surface area contributed by atoms with Crippen molar-refractivity contribution in [2.24, 2.45) is 5.92 Å². The van der Waals surface area contributed by atoms with E-state index in [9.17, 15) is 9.59 Å². The Kier molecular flexibility index (Phi) is 5.49. The smallest absolute Gasteiger partial charge is 0.228 e. The van der Waals surface area contributed by atoms with Crippen LogP contribution in [-0.2, 0) is 9.59 Å². The number of anilines is 1. The maximum atomic E-state index is 12.9. The summed E-state index contributed by atoms with van der Waals surface area (Å²) in [6.45, 7) is 1.85. The second-order valence-electron chi connectivity index (χ2n) is 6.63. The summed E-state index contributed by atoms with van der Waals surface area (Å²) in [6.07, 6.45) is 2.30. The Hall–Kier alpha value is -1.79. The summed E-state index contributed by atoms with van der Waals surface area (Å²) >= 11 is 6.08. The molecule has 2 unspecified atom stereocenters. The van der Waals surface area contributed by atoms with Crippen LogP contribution < -0.4 is 15.0 Å². The maximum absolute atomic E-state index is 12.9. The van der Waals surface area contributed by atoms with Gasteiger partial charge in [0.1, 0.15) is 5.75 Å². The van der Waals surface area contributed by atoms with Crippen molar-refractivity contribution in [3.8, 4) is 5.75 Å². The molecule has 2 saturated heterocycles. The van der Waals surface area contributed by atoms with E-state index in [-0.39, 0.29) is 24.2 Å². The molecule has 2 amide bonds. The Morgan fingerprint density at radius 1 is 1.36 bits per heavy atom. The van der Waals surface area contributed by atoms with E-state index in [0.29, 0.717) is 35.6 Å². The van der Waals surface area contributed by atoms with E-state index >= 15 is 0 Å². The lowest BCUT2D eigenvalue weighted by Crippen LogP contribution is -2.49. The average molecular weight is 366 g/mol. The zero-order valence-electron chi connectivity index (χ0n) is 14.6. The van der Waals surface area contributed by atoms with Gasteiger partial charge in [0, 0.05) is 37.1 Å². The molecule has 0 radical (unpaired) electrons. The largest absolute Gasteiger partial charge is 0.495 e. The number of carbonyl (C=O) groups excluding carboxylic acids is 2. The fourth-order valence-corrected chi connectivity index (χ4v) is 3.82. The molecule has 1 aromatic carbocycles. The third kappa shape index (κ3) is 3.75. The number of likely N-dealkylation sites (tertiary alicyclic amines) is 1. The van der Waals surface area contributed by atoms with Crippen LogP contribution in [0.5, 0.6) is 5.75 Å². The van der Waals surface area contributed by atoms with E-state index in [1.165, 1.54) is 0 Å². The number of nitrogens with one attached hydrogen (secondary N) is 1. The van der Waals surface area contributed by atoms with Gasteiger partial charge in [-0.05, 0) is 38.1 Å². The van der Waals surface area contributed by atoms with Gasteiger partial charge in [-0.15, -0.1) is 0 Å². The van der Waals surface area contributed by atoms with Gasteiger partial charge < -0.3 is 19.9 Å². The molecule has 3 rings (SSSR count). The first-order chi connectivity index (χ1) is 12.0. The molecule has 0 saturated carbocycles. The summed E-state index contributed by atoms with van der Waals surface area (Å²) in [5.41, 5.74) is 0.627. The van der Waals surface area contributed by atoms with E-state index in [1.807, 2.05) is 11.9 Å². The number of nitrogens with zero attached hydrogens (tertiary/aromatic N) is 2. The Labute approximate surface area is 153 Å². The lowest BCUT2D eigenvalue weighted by Gasteiger charge is -2.34. The molecule has 0 bridgehead atoms. The van der Waals surface area contributed by atoms with Gasteiger partial charge in [0.25, 0.3) is 0 Å². The van der Waals surface area contributed by atoms with E-state index in [4.69, 9.17) is 16.3 Å². The van der Waals surface area contributed by atoms with Gasteiger partial charge in [-0.1, -0.05) is 11.6 Å². The van der Waals surface area contributed by atoms with Crippen molar-refractivity contribution in [2.45, 2.75) is 25.3 Å². The summed E-state index contributed by atoms with van der Waals surface area (Å²) in [7, 11) is 3.48. The topological polar surface area (TPSA) is 61.9 Å². The van der Waals surface area contributed by atoms with Gasteiger partial charge in [0.05, 0.1) is 18.7 Å². The Morgan fingerprint density at radius 3 is 2.88 bits per heavy atom. The molecule has 25 heavy (non-hydrogen) atoms. The minimum absolute atomic E-state index is 0.0665. The van der Waals surface area contributed by atoms with Gasteiger partial charge >= 0.3 is 0 Å². The number of rotatable bonds is 4. The number of halogens is 1. The lowest BCUT2D eigenvalue weighted by atomic mass is 10.0. The summed E-state index contributed by atoms with van der Waals surface area (Å²) in [6, 6.07) is 5.50. The zero-order chi connectivity index (χ0) is 18.0. The second kappa shape index (κ2) is 7.62. The predicted octanol–water partition coefficient (Wildman–Crippen LogP) is 1.91. The quantitative estimate of drug-likeness (QED) is 0.885. The second-order valence-corrected chi connectivity index (χ2v) is 7.07. The summed E-state index contributed by atoms with van der Waals surface area (Å²) < 4.78 is 5.35. The molecule has 2 aliphatic rings. The Morgan fingerprint density at radius 2 is 2.16 bits per heavy atom. The van der Waals surface area contributed by atoms with Crippen molar-refractivity contribution >= 4 is 29.1 Å². The first-order valence-corrected chi connectivity index (χ1v) is 9.01. The molecule has 7 heteroatoms. The molecule has 1 aromatic rings. The molecule has 2 fully saturated rings. The molecule has 2 atom stereocenters. The van der Waals surface area contributed by atoms with Crippen molar-refractivity contribution in [3.05, 3.63) is 23.2 Å². The lowest BCUT2D eigenvalue weighted by molar-refractivity contribution is -0.137. The van der Waals surface area contributed by atoms with Crippen LogP contribution in [-0.4, -0.2) is 56.5 Å². The van der Waals surface area contributed by atoms with Gasteiger partial charge in [-0.3, -0.25) is 9.59 Å². The van der Waals surface area contributed by atoms with Crippen LogP contribution in [0.4, 0.5) is 5.69 Å². The van der Waals surface area contributed by atoms with Crippen LogP contribution in [0.15, 0.2) is 18.2 Å². The normalized spacial score (nSPS) is 23.9. The standard InChI is InChI=1S/C18H24ClN3O3/c1-20-14-4-3-7-21(11-14)18(24)12-8-17(23)22(10-12)15-9-13(19)5-6-16(15)25-2/h5-6,9,12,14,20H,3-4,7-8,10-11H2,1-2H3. The SMILES string of the molecule is CNC1CCCN(C(=O)C2CC(=O)N(c3cc(Cl)ccc3OC)C2)C1. The first kappa shape index (κ1) is 18.0. The van der Waals surface area contributed by atoms with Gasteiger partial charge in [-0.25, -0.2) is 0 Å². The minimum Gasteiger partial charge on any atom is -0.495 e. The first-order valence-electron chi connectivity index (χ1n) is 8.63. The van der Waals surface area contributed by atoms with Crippen LogP contribution in [0.25, 0.3) is 0 Å². The van der Waals surface area contributed by atoms with Crippen LogP contribution in [0, 0.1) is 5.92 Å². The highest BCUT2D eigenvalue weighted by atomic mass is 35.5. The molecule has 6 nitrogen and oxygen atoms in total.